The molecule has 0 bridgehead atoms. The highest BCUT2D eigenvalue weighted by molar-refractivity contribution is 6.20. The van der Waals surface area contributed by atoms with Crippen molar-refractivity contribution in [2.75, 3.05) is 0 Å². The largest absolute Gasteiger partial charge is 0.312 e. The standard InChI is InChI=1S/C13H21ClN4/c1-5-7-10-11-13(17(4)16-10)18(8-6-2)12(15-11)9(3)14/h9H,5-8H2,1-4H3. The summed E-state index contributed by atoms with van der Waals surface area (Å²) in [4.78, 5) is 4.72. The predicted octanol–water partition coefficient (Wildman–Crippen LogP) is 3.43. The summed E-state index contributed by atoms with van der Waals surface area (Å²) in [6.07, 6.45) is 3.12. The number of nitrogens with zero attached hydrogens (tertiary/aromatic N) is 4. The van der Waals surface area contributed by atoms with Crippen LogP contribution in [0.25, 0.3) is 11.2 Å². The van der Waals surface area contributed by atoms with E-state index in [4.69, 9.17) is 16.6 Å². The van der Waals surface area contributed by atoms with E-state index in [1.807, 2.05) is 18.7 Å². The number of halogens is 1. The third kappa shape index (κ3) is 2.14. The van der Waals surface area contributed by atoms with Gasteiger partial charge in [0.05, 0.1) is 11.1 Å². The molecule has 5 heteroatoms. The molecule has 2 rings (SSSR count). The summed E-state index contributed by atoms with van der Waals surface area (Å²) in [6.45, 7) is 7.24. The summed E-state index contributed by atoms with van der Waals surface area (Å²) in [5, 5.41) is 4.50. The molecule has 100 valence electrons. The third-order valence-corrected chi connectivity index (χ3v) is 3.31. The van der Waals surface area contributed by atoms with Gasteiger partial charge in [-0.2, -0.15) is 5.10 Å². The van der Waals surface area contributed by atoms with Crippen molar-refractivity contribution < 1.29 is 0 Å². The van der Waals surface area contributed by atoms with Crippen LogP contribution in [-0.2, 0) is 20.0 Å². The van der Waals surface area contributed by atoms with Crippen molar-refractivity contribution >= 4 is 22.8 Å². The predicted molar refractivity (Wildman–Crippen MR) is 75.1 cm³/mol. The molecule has 4 nitrogen and oxygen atoms in total. The topological polar surface area (TPSA) is 35.6 Å². The molecule has 2 aromatic heterocycles. The molecule has 18 heavy (non-hydrogen) atoms. The number of hydrogen-bond donors (Lipinski definition) is 0. The molecule has 0 amide bonds. The summed E-state index contributed by atoms with van der Waals surface area (Å²) in [6, 6.07) is 0. The van der Waals surface area contributed by atoms with Gasteiger partial charge >= 0.3 is 0 Å². The molecule has 2 heterocycles. The Balaban J connectivity index is 2.64. The van der Waals surface area contributed by atoms with Crippen LogP contribution in [0.1, 0.15) is 50.5 Å². The second-order valence-corrected chi connectivity index (χ2v) is 5.38. The van der Waals surface area contributed by atoms with Gasteiger partial charge in [-0.25, -0.2) is 4.98 Å². The van der Waals surface area contributed by atoms with Crippen LogP contribution in [0.2, 0.25) is 0 Å². The second kappa shape index (κ2) is 5.31. The van der Waals surface area contributed by atoms with Gasteiger partial charge < -0.3 is 4.57 Å². The van der Waals surface area contributed by atoms with Crippen molar-refractivity contribution in [3.05, 3.63) is 11.5 Å². The number of aromatic nitrogens is 4. The molecule has 0 aromatic carbocycles. The summed E-state index contributed by atoms with van der Waals surface area (Å²) in [5.41, 5.74) is 3.21. The van der Waals surface area contributed by atoms with Crippen LogP contribution in [0, 0.1) is 0 Å². The van der Waals surface area contributed by atoms with Crippen molar-refractivity contribution in [2.24, 2.45) is 7.05 Å². The van der Waals surface area contributed by atoms with Gasteiger partial charge in [-0.05, 0) is 19.8 Å². The van der Waals surface area contributed by atoms with Gasteiger partial charge in [0.15, 0.2) is 5.65 Å². The van der Waals surface area contributed by atoms with Gasteiger partial charge in [-0.1, -0.05) is 20.3 Å². The lowest BCUT2D eigenvalue weighted by molar-refractivity contribution is 0.624. The van der Waals surface area contributed by atoms with E-state index in [2.05, 4.69) is 23.5 Å². The maximum Gasteiger partial charge on any atom is 0.158 e. The Morgan fingerprint density at radius 2 is 2.00 bits per heavy atom. The molecule has 0 saturated carbocycles. The first kappa shape index (κ1) is 13.4. The maximum absolute atomic E-state index is 6.24. The Morgan fingerprint density at radius 3 is 2.56 bits per heavy atom. The summed E-state index contributed by atoms with van der Waals surface area (Å²) in [5.74, 6) is 0.957. The molecule has 0 saturated heterocycles. The van der Waals surface area contributed by atoms with Crippen molar-refractivity contribution in [3.63, 3.8) is 0 Å². The first-order chi connectivity index (χ1) is 8.60. The van der Waals surface area contributed by atoms with Crippen molar-refractivity contribution in [1.82, 2.24) is 19.3 Å². The van der Waals surface area contributed by atoms with Crippen LogP contribution in [0.5, 0.6) is 0 Å². The fraction of sp³-hybridized carbons (Fsp3) is 0.692. The summed E-state index contributed by atoms with van der Waals surface area (Å²) < 4.78 is 4.14. The molecular weight excluding hydrogens is 248 g/mol. The molecule has 0 aliphatic heterocycles. The normalized spacial score (nSPS) is 13.4. The summed E-state index contributed by atoms with van der Waals surface area (Å²) in [7, 11) is 1.98. The first-order valence-electron chi connectivity index (χ1n) is 6.66. The molecule has 0 aliphatic carbocycles. The lowest BCUT2D eigenvalue weighted by Gasteiger charge is -2.09. The van der Waals surface area contributed by atoms with E-state index in [-0.39, 0.29) is 5.38 Å². The first-order valence-corrected chi connectivity index (χ1v) is 7.09. The Labute approximate surface area is 113 Å². The van der Waals surface area contributed by atoms with E-state index in [1.54, 1.807) is 0 Å². The lowest BCUT2D eigenvalue weighted by Crippen LogP contribution is -2.07. The van der Waals surface area contributed by atoms with E-state index in [9.17, 15) is 0 Å². The van der Waals surface area contributed by atoms with Crippen LogP contribution in [-0.4, -0.2) is 19.3 Å². The van der Waals surface area contributed by atoms with Gasteiger partial charge in [-0.15, -0.1) is 11.6 Å². The lowest BCUT2D eigenvalue weighted by atomic mass is 10.2. The molecule has 1 unspecified atom stereocenters. The van der Waals surface area contributed by atoms with E-state index in [1.165, 1.54) is 0 Å². The van der Waals surface area contributed by atoms with Crippen LogP contribution in [0.4, 0.5) is 0 Å². The quantitative estimate of drug-likeness (QED) is 0.779. The Morgan fingerprint density at radius 1 is 1.28 bits per heavy atom. The number of aryl methyl sites for hydroxylation is 3. The van der Waals surface area contributed by atoms with Crippen molar-refractivity contribution in [2.45, 2.75) is 52.0 Å². The molecule has 1 atom stereocenters. The summed E-state index contributed by atoms with van der Waals surface area (Å²) >= 11 is 6.24. The Hall–Kier alpha value is -1.03. The third-order valence-electron chi connectivity index (χ3n) is 3.11. The minimum absolute atomic E-state index is 0.0709. The molecule has 0 spiro atoms. The van der Waals surface area contributed by atoms with Gasteiger partial charge in [0.2, 0.25) is 0 Å². The monoisotopic (exact) mass is 268 g/mol. The zero-order valence-corrected chi connectivity index (χ0v) is 12.3. The molecule has 0 aliphatic rings. The van der Waals surface area contributed by atoms with Crippen molar-refractivity contribution in [1.29, 1.82) is 0 Å². The van der Waals surface area contributed by atoms with Gasteiger partial charge in [0, 0.05) is 13.6 Å². The Bertz CT molecular complexity index is 539. The molecule has 2 aromatic rings. The average molecular weight is 269 g/mol. The molecule has 0 N–H and O–H groups in total. The van der Waals surface area contributed by atoms with Crippen molar-refractivity contribution in [3.8, 4) is 0 Å². The number of rotatable bonds is 5. The van der Waals surface area contributed by atoms with E-state index >= 15 is 0 Å². The zero-order chi connectivity index (χ0) is 13.3. The number of imidazole rings is 1. The minimum atomic E-state index is -0.0709. The SMILES string of the molecule is CCCc1nn(C)c2c1nc(C(C)Cl)n2CCC. The van der Waals surface area contributed by atoms with Gasteiger partial charge in [0.25, 0.3) is 0 Å². The van der Waals surface area contributed by atoms with Crippen LogP contribution < -0.4 is 0 Å². The van der Waals surface area contributed by atoms with Crippen LogP contribution in [0.3, 0.4) is 0 Å². The highest BCUT2D eigenvalue weighted by atomic mass is 35.5. The smallest absolute Gasteiger partial charge is 0.158 e. The maximum atomic E-state index is 6.24. The zero-order valence-electron chi connectivity index (χ0n) is 11.6. The van der Waals surface area contributed by atoms with E-state index in [0.717, 1.165) is 48.5 Å². The highest BCUT2D eigenvalue weighted by Crippen LogP contribution is 2.27. The Kier molecular flexibility index (Phi) is 3.95. The number of alkyl halides is 1. The minimum Gasteiger partial charge on any atom is -0.312 e. The average Bonchev–Trinajstić information content (AvgIpc) is 2.81. The van der Waals surface area contributed by atoms with Gasteiger partial charge in [-0.3, -0.25) is 4.68 Å². The highest BCUT2D eigenvalue weighted by Gasteiger charge is 2.20. The fourth-order valence-electron chi connectivity index (χ4n) is 2.41. The molecule has 0 radical (unpaired) electrons. The second-order valence-electron chi connectivity index (χ2n) is 4.73. The van der Waals surface area contributed by atoms with E-state index in [0.29, 0.717) is 0 Å². The van der Waals surface area contributed by atoms with Crippen LogP contribution >= 0.6 is 11.6 Å². The molecule has 0 fully saturated rings. The van der Waals surface area contributed by atoms with Crippen LogP contribution in [0.15, 0.2) is 0 Å². The fourth-order valence-corrected chi connectivity index (χ4v) is 2.58. The number of hydrogen-bond acceptors (Lipinski definition) is 2. The number of fused-ring (bicyclic) bond motifs is 1. The van der Waals surface area contributed by atoms with E-state index < -0.39 is 0 Å². The van der Waals surface area contributed by atoms with Gasteiger partial charge in [0.1, 0.15) is 11.3 Å². The molecular formula is C13H21ClN4.